The van der Waals surface area contributed by atoms with Crippen LogP contribution in [0.4, 0.5) is 11.4 Å². The van der Waals surface area contributed by atoms with Crippen molar-refractivity contribution in [2.45, 2.75) is 13.3 Å². The van der Waals surface area contributed by atoms with E-state index in [0.29, 0.717) is 17.1 Å². The number of carbonyl (C=O) groups is 1. The molecule has 3 rings (SSSR count). The number of para-hydroxylation sites is 1. The number of anilines is 2. The Labute approximate surface area is 153 Å². The van der Waals surface area contributed by atoms with E-state index in [1.165, 1.54) is 0 Å². The van der Waals surface area contributed by atoms with Gasteiger partial charge in [0.15, 0.2) is 0 Å². The summed E-state index contributed by atoms with van der Waals surface area (Å²) in [5, 5.41) is 6.10. The van der Waals surface area contributed by atoms with E-state index in [2.05, 4.69) is 22.5 Å². The zero-order chi connectivity index (χ0) is 18.2. The number of hydrogen-bond donors (Lipinski definition) is 2. The molecule has 1 aromatic heterocycles. The summed E-state index contributed by atoms with van der Waals surface area (Å²) in [6.07, 6.45) is 2.64. The molecule has 26 heavy (non-hydrogen) atoms. The lowest BCUT2D eigenvalue weighted by molar-refractivity contribution is 0.102. The van der Waals surface area contributed by atoms with Crippen LogP contribution in [-0.4, -0.2) is 17.4 Å². The molecule has 5 heteroatoms. The van der Waals surface area contributed by atoms with Crippen LogP contribution in [0, 0.1) is 0 Å². The van der Waals surface area contributed by atoms with Gasteiger partial charge in [0.2, 0.25) is 0 Å². The second-order valence-electron chi connectivity index (χ2n) is 5.75. The van der Waals surface area contributed by atoms with Crippen LogP contribution in [0.25, 0.3) is 0 Å². The molecule has 1 amide bonds. The molecular formula is C21H21N3O2. The minimum atomic E-state index is -0.248. The minimum absolute atomic E-state index is 0.248. The van der Waals surface area contributed by atoms with Gasteiger partial charge in [-0.15, -0.1) is 0 Å². The van der Waals surface area contributed by atoms with Crippen LogP contribution >= 0.6 is 0 Å². The van der Waals surface area contributed by atoms with Gasteiger partial charge in [-0.1, -0.05) is 25.1 Å². The van der Waals surface area contributed by atoms with Gasteiger partial charge >= 0.3 is 0 Å². The first-order valence-corrected chi connectivity index (χ1v) is 8.59. The third-order valence-electron chi connectivity index (χ3n) is 3.66. The molecule has 0 fully saturated rings. The second kappa shape index (κ2) is 8.67. The largest absolute Gasteiger partial charge is 0.457 e. The van der Waals surface area contributed by atoms with Crippen molar-refractivity contribution in [1.29, 1.82) is 0 Å². The minimum Gasteiger partial charge on any atom is -0.457 e. The van der Waals surface area contributed by atoms with Gasteiger partial charge in [-0.3, -0.25) is 9.78 Å². The van der Waals surface area contributed by atoms with E-state index in [-0.39, 0.29) is 5.91 Å². The highest BCUT2D eigenvalue weighted by atomic mass is 16.5. The number of nitrogens with zero attached hydrogens (tertiary/aromatic N) is 1. The number of benzene rings is 2. The maximum Gasteiger partial charge on any atom is 0.274 e. The van der Waals surface area contributed by atoms with Gasteiger partial charge < -0.3 is 15.4 Å². The summed E-state index contributed by atoms with van der Waals surface area (Å²) in [7, 11) is 0. The third kappa shape index (κ3) is 4.83. The smallest absolute Gasteiger partial charge is 0.274 e. The summed E-state index contributed by atoms with van der Waals surface area (Å²) in [6.45, 7) is 2.95. The fourth-order valence-electron chi connectivity index (χ4n) is 2.36. The lowest BCUT2D eigenvalue weighted by Gasteiger charge is -2.09. The number of aromatic nitrogens is 1. The Balaban J connectivity index is 1.62. The second-order valence-corrected chi connectivity index (χ2v) is 5.75. The van der Waals surface area contributed by atoms with Crippen molar-refractivity contribution >= 4 is 17.3 Å². The topological polar surface area (TPSA) is 63.2 Å². The maximum absolute atomic E-state index is 12.4. The molecule has 1 heterocycles. The van der Waals surface area contributed by atoms with E-state index in [9.17, 15) is 4.79 Å². The van der Waals surface area contributed by atoms with Gasteiger partial charge in [-0.2, -0.15) is 0 Å². The van der Waals surface area contributed by atoms with Crippen molar-refractivity contribution < 1.29 is 9.53 Å². The molecule has 132 valence electrons. The van der Waals surface area contributed by atoms with Gasteiger partial charge in [-0.25, -0.2) is 0 Å². The summed E-state index contributed by atoms with van der Waals surface area (Å²) in [4.78, 5) is 16.5. The first-order chi connectivity index (χ1) is 12.7. The number of carbonyl (C=O) groups excluding carboxylic acids is 1. The molecule has 0 aliphatic heterocycles. The van der Waals surface area contributed by atoms with E-state index in [1.54, 1.807) is 24.4 Å². The first kappa shape index (κ1) is 17.5. The van der Waals surface area contributed by atoms with Crippen molar-refractivity contribution in [2.75, 3.05) is 17.2 Å². The quantitative estimate of drug-likeness (QED) is 0.635. The van der Waals surface area contributed by atoms with Crippen molar-refractivity contribution in [3.8, 4) is 11.5 Å². The van der Waals surface area contributed by atoms with Crippen molar-refractivity contribution in [3.63, 3.8) is 0 Å². The molecule has 0 bridgehead atoms. The Bertz CT molecular complexity index is 849. The summed E-state index contributed by atoms with van der Waals surface area (Å²) in [5.74, 6) is 1.23. The summed E-state index contributed by atoms with van der Waals surface area (Å²) in [6, 6.07) is 20.4. The number of nitrogens with one attached hydrogen (secondary N) is 2. The lowest BCUT2D eigenvalue weighted by atomic mass is 10.2. The van der Waals surface area contributed by atoms with Crippen LogP contribution in [0.3, 0.4) is 0 Å². The monoisotopic (exact) mass is 347 g/mol. The molecule has 0 radical (unpaired) electrons. The number of rotatable bonds is 7. The molecule has 2 aromatic carbocycles. The third-order valence-corrected chi connectivity index (χ3v) is 3.66. The van der Waals surface area contributed by atoms with Crippen molar-refractivity contribution in [1.82, 2.24) is 4.98 Å². The zero-order valence-electron chi connectivity index (χ0n) is 14.6. The summed E-state index contributed by atoms with van der Waals surface area (Å²) >= 11 is 0. The van der Waals surface area contributed by atoms with Crippen molar-refractivity contribution in [3.05, 3.63) is 78.6 Å². The number of hydrogen-bond acceptors (Lipinski definition) is 4. The van der Waals surface area contributed by atoms with E-state index >= 15 is 0 Å². The molecule has 0 unspecified atom stereocenters. The molecule has 3 aromatic rings. The molecule has 0 atom stereocenters. The number of pyridine rings is 1. The van der Waals surface area contributed by atoms with Crippen LogP contribution in [0.15, 0.2) is 72.9 Å². The molecule has 0 saturated heterocycles. The first-order valence-electron chi connectivity index (χ1n) is 8.59. The Morgan fingerprint density at radius 2 is 1.69 bits per heavy atom. The van der Waals surface area contributed by atoms with Crippen LogP contribution in [0.2, 0.25) is 0 Å². The lowest BCUT2D eigenvalue weighted by Crippen LogP contribution is -2.14. The van der Waals surface area contributed by atoms with Gasteiger partial charge in [0.25, 0.3) is 5.91 Å². The van der Waals surface area contributed by atoms with Crippen molar-refractivity contribution in [2.24, 2.45) is 0 Å². The van der Waals surface area contributed by atoms with E-state index in [0.717, 1.165) is 24.4 Å². The average Bonchev–Trinajstić information content (AvgIpc) is 2.69. The highest BCUT2D eigenvalue weighted by Gasteiger charge is 2.08. The predicted octanol–water partition coefficient (Wildman–Crippen LogP) is 4.95. The standard InChI is InChI=1S/C21H21N3O2/c1-2-13-22-17-12-14-23-20(15-17)21(25)24-16-8-10-19(11-9-16)26-18-6-4-3-5-7-18/h3-12,14-15H,2,13H2,1H3,(H,22,23)(H,24,25). The van der Waals surface area contributed by atoms with Crippen LogP contribution in [0.1, 0.15) is 23.8 Å². The highest BCUT2D eigenvalue weighted by Crippen LogP contribution is 2.22. The molecular weight excluding hydrogens is 326 g/mol. The van der Waals surface area contributed by atoms with Gasteiger partial charge in [0, 0.05) is 24.1 Å². The molecule has 0 aliphatic carbocycles. The molecule has 5 nitrogen and oxygen atoms in total. The van der Waals surface area contributed by atoms with Crippen LogP contribution in [0.5, 0.6) is 11.5 Å². The molecule has 0 saturated carbocycles. The SMILES string of the molecule is CCCNc1ccnc(C(=O)Nc2ccc(Oc3ccccc3)cc2)c1. The zero-order valence-corrected chi connectivity index (χ0v) is 14.6. The molecule has 0 spiro atoms. The normalized spacial score (nSPS) is 10.2. The van der Waals surface area contributed by atoms with Crippen LogP contribution < -0.4 is 15.4 Å². The summed E-state index contributed by atoms with van der Waals surface area (Å²) < 4.78 is 5.74. The van der Waals surface area contributed by atoms with Gasteiger partial charge in [0.05, 0.1) is 0 Å². The average molecular weight is 347 g/mol. The fourth-order valence-corrected chi connectivity index (χ4v) is 2.36. The van der Waals surface area contributed by atoms with Gasteiger partial charge in [0.1, 0.15) is 17.2 Å². The number of ether oxygens (including phenoxy) is 1. The summed E-state index contributed by atoms with van der Waals surface area (Å²) in [5.41, 5.74) is 1.94. The molecule has 0 aliphatic rings. The fraction of sp³-hybridized carbons (Fsp3) is 0.143. The van der Waals surface area contributed by atoms with E-state index < -0.39 is 0 Å². The predicted molar refractivity (Wildman–Crippen MR) is 104 cm³/mol. The highest BCUT2D eigenvalue weighted by molar-refractivity contribution is 6.03. The Morgan fingerprint density at radius 1 is 0.962 bits per heavy atom. The number of amides is 1. The van der Waals surface area contributed by atoms with Gasteiger partial charge in [-0.05, 0) is 55.0 Å². The Kier molecular flexibility index (Phi) is 5.83. The van der Waals surface area contributed by atoms with Crippen LogP contribution in [-0.2, 0) is 0 Å². The Hall–Kier alpha value is -3.34. The maximum atomic E-state index is 12.4. The Morgan fingerprint density at radius 3 is 2.42 bits per heavy atom. The van der Waals surface area contributed by atoms with E-state index in [1.807, 2.05) is 48.5 Å². The molecule has 2 N–H and O–H groups in total. The van der Waals surface area contributed by atoms with E-state index in [4.69, 9.17) is 4.74 Å².